The second-order valence-electron chi connectivity index (χ2n) is 7.69. The van der Waals surface area contributed by atoms with Gasteiger partial charge in [-0.3, -0.25) is 9.78 Å². The predicted molar refractivity (Wildman–Crippen MR) is 132 cm³/mol. The number of hydrogen-bond donors (Lipinski definition) is 0. The van der Waals surface area contributed by atoms with Crippen molar-refractivity contribution in [2.45, 2.75) is 39.5 Å². The van der Waals surface area contributed by atoms with Crippen molar-refractivity contribution in [1.82, 2.24) is 0 Å². The molecule has 2 rings (SSSR count). The molecule has 0 aromatic heterocycles. The van der Waals surface area contributed by atoms with E-state index >= 15 is 0 Å². The number of carbonyl (C=O) groups is 4. The molecule has 0 fully saturated rings. The van der Waals surface area contributed by atoms with Crippen molar-refractivity contribution in [1.29, 1.82) is 0 Å². The van der Waals surface area contributed by atoms with Gasteiger partial charge in [-0.05, 0) is 61.4 Å². The van der Waals surface area contributed by atoms with Gasteiger partial charge in [0.25, 0.3) is 0 Å². The quantitative estimate of drug-likeness (QED) is 0.108. The molecule has 40 heavy (non-hydrogen) atoms. The molecule has 0 atom stereocenters. The molecule has 2 aromatic carbocycles. The third kappa shape index (κ3) is 12.8. The maximum Gasteiger partial charge on any atom is 0.543 e. The maximum absolute atomic E-state index is 11.9. The molecule has 0 saturated heterocycles. The Morgan fingerprint density at radius 3 is 1.25 bits per heavy atom. The minimum Gasteiger partial charge on any atom is -0.494 e. The molecule has 0 N–H and O–H groups in total. The highest BCUT2D eigenvalue weighted by Gasteiger charge is 2.15. The highest BCUT2D eigenvalue weighted by molar-refractivity contribution is 5.89. The van der Waals surface area contributed by atoms with Crippen molar-refractivity contribution in [3.8, 4) is 11.5 Å². The Morgan fingerprint density at radius 2 is 0.900 bits per heavy atom. The molecule has 0 saturated carbocycles. The first kappa shape index (κ1) is 31.7. The van der Waals surface area contributed by atoms with Crippen molar-refractivity contribution >= 4 is 24.2 Å². The third-order valence-electron chi connectivity index (χ3n) is 4.66. The van der Waals surface area contributed by atoms with E-state index in [1.165, 1.54) is 24.3 Å². The van der Waals surface area contributed by atoms with Crippen LogP contribution in [0.5, 0.6) is 11.5 Å². The number of carbonyl (C=O) groups excluding carboxylic acids is 4. The van der Waals surface area contributed by atoms with E-state index in [4.69, 9.17) is 9.47 Å². The fourth-order valence-corrected chi connectivity index (χ4v) is 2.59. The van der Waals surface area contributed by atoms with Crippen LogP contribution in [-0.4, -0.2) is 50.7 Å². The first-order chi connectivity index (χ1) is 19.4. The molecule has 0 amide bonds. The van der Waals surface area contributed by atoms with Gasteiger partial charge in [-0.25, -0.2) is 29.0 Å². The lowest BCUT2D eigenvalue weighted by Crippen LogP contribution is -2.17. The largest absolute Gasteiger partial charge is 0.543 e. The molecule has 0 aliphatic rings. The lowest BCUT2D eigenvalue weighted by Gasteiger charge is -2.07. The van der Waals surface area contributed by atoms with Gasteiger partial charge in [-0.2, -0.15) is 0 Å². The van der Waals surface area contributed by atoms with Crippen molar-refractivity contribution in [2.24, 2.45) is 0 Å². The second kappa shape index (κ2) is 18.7. The van der Waals surface area contributed by atoms with E-state index in [9.17, 15) is 19.2 Å². The molecule has 0 heterocycles. The molecule has 0 bridgehead atoms. The molecule has 14 nitrogen and oxygen atoms in total. The summed E-state index contributed by atoms with van der Waals surface area (Å²) in [4.78, 5) is 63.4. The molecule has 0 aliphatic carbocycles. The zero-order valence-corrected chi connectivity index (χ0v) is 22.0. The van der Waals surface area contributed by atoms with Gasteiger partial charge in [0.1, 0.15) is 24.7 Å². The Balaban J connectivity index is 1.51. The van der Waals surface area contributed by atoms with Crippen molar-refractivity contribution < 1.29 is 67.8 Å². The van der Waals surface area contributed by atoms with Crippen LogP contribution in [0.1, 0.15) is 60.2 Å². The number of ether oxygens (including phenoxy) is 4. The number of rotatable bonds is 17. The minimum atomic E-state index is -1.39. The molecule has 2 aromatic rings. The molecule has 0 spiro atoms. The van der Waals surface area contributed by atoms with Crippen LogP contribution in [0.15, 0.2) is 48.5 Å². The molecule has 14 heteroatoms. The van der Waals surface area contributed by atoms with Crippen LogP contribution in [0.3, 0.4) is 0 Å². The van der Waals surface area contributed by atoms with Gasteiger partial charge in [0.05, 0.1) is 34.4 Å². The van der Waals surface area contributed by atoms with Crippen molar-refractivity contribution in [3.63, 3.8) is 0 Å². The standard InChI is InChI=1S/C26H30O14/c1-3-5-15-31-21-11-7-19(8-12-21)23(27)35-39-37-25(29)33-17-18-34-26(30)38-40-36-24(28)20-9-13-22(14-10-20)32-16-6-4-2/h7-14H,3-6,15-18H2,1-2H3. The zero-order valence-electron chi connectivity index (χ0n) is 22.0. The van der Waals surface area contributed by atoms with E-state index in [-0.39, 0.29) is 11.1 Å². The smallest absolute Gasteiger partial charge is 0.494 e. The highest BCUT2D eigenvalue weighted by atomic mass is 17.5. The summed E-state index contributed by atoms with van der Waals surface area (Å²) in [6, 6.07) is 12.1. The summed E-state index contributed by atoms with van der Waals surface area (Å²) in [5, 5.41) is 8.15. The highest BCUT2D eigenvalue weighted by Crippen LogP contribution is 2.15. The SMILES string of the molecule is CCCCOc1ccc(C(=O)OOOC(=O)OCCOC(=O)OOOC(=O)c2ccc(OCCCC)cc2)cc1. The van der Waals surface area contributed by atoms with E-state index in [2.05, 4.69) is 39.1 Å². The summed E-state index contributed by atoms with van der Waals surface area (Å²) in [7, 11) is 0. The Morgan fingerprint density at radius 1 is 0.525 bits per heavy atom. The normalized spacial score (nSPS) is 10.2. The lowest BCUT2D eigenvalue weighted by atomic mass is 10.2. The van der Waals surface area contributed by atoms with E-state index in [1.54, 1.807) is 24.3 Å². The van der Waals surface area contributed by atoms with Crippen LogP contribution in [0.4, 0.5) is 9.59 Å². The van der Waals surface area contributed by atoms with E-state index in [0.717, 1.165) is 25.7 Å². The fraction of sp³-hybridized carbons (Fsp3) is 0.385. The summed E-state index contributed by atoms with van der Waals surface area (Å²) in [6.45, 7) is 4.21. The van der Waals surface area contributed by atoms with Crippen molar-refractivity contribution in [2.75, 3.05) is 26.4 Å². The first-order valence-corrected chi connectivity index (χ1v) is 12.3. The average molecular weight is 567 g/mol. The van der Waals surface area contributed by atoms with Gasteiger partial charge in [0.2, 0.25) is 0 Å². The van der Waals surface area contributed by atoms with Gasteiger partial charge in [-0.1, -0.05) is 26.7 Å². The minimum absolute atomic E-state index is 0.116. The number of hydrogen-bond acceptors (Lipinski definition) is 14. The zero-order chi connectivity index (χ0) is 29.0. The molecule has 0 aliphatic heterocycles. The van der Waals surface area contributed by atoms with Crippen LogP contribution in [0.25, 0.3) is 0 Å². The van der Waals surface area contributed by atoms with Gasteiger partial charge in [0, 0.05) is 0 Å². The Bertz CT molecular complexity index is 967. The van der Waals surface area contributed by atoms with Crippen LogP contribution in [0, 0.1) is 0 Å². The molecular formula is C26H30O14. The Kier molecular flexibility index (Phi) is 14.8. The fourth-order valence-electron chi connectivity index (χ4n) is 2.59. The molecular weight excluding hydrogens is 536 g/mol. The number of benzene rings is 2. The van der Waals surface area contributed by atoms with Crippen molar-refractivity contribution in [3.05, 3.63) is 59.7 Å². The Hall–Kier alpha value is -4.56. The van der Waals surface area contributed by atoms with E-state index < -0.39 is 37.5 Å². The average Bonchev–Trinajstić information content (AvgIpc) is 2.96. The van der Waals surface area contributed by atoms with Crippen LogP contribution >= 0.6 is 0 Å². The van der Waals surface area contributed by atoms with Gasteiger partial charge >= 0.3 is 24.2 Å². The summed E-state index contributed by atoms with van der Waals surface area (Å²) >= 11 is 0. The van der Waals surface area contributed by atoms with Gasteiger partial charge < -0.3 is 18.9 Å². The molecule has 218 valence electrons. The molecule has 0 radical (unpaired) electrons. The van der Waals surface area contributed by atoms with Crippen LogP contribution in [0.2, 0.25) is 0 Å². The third-order valence-corrected chi connectivity index (χ3v) is 4.66. The topological polar surface area (TPSA) is 161 Å². The lowest BCUT2D eigenvalue weighted by molar-refractivity contribution is -0.453. The predicted octanol–water partition coefficient (Wildman–Crippen LogP) is 5.06. The van der Waals surface area contributed by atoms with Crippen LogP contribution < -0.4 is 9.47 Å². The van der Waals surface area contributed by atoms with E-state index in [1.807, 2.05) is 13.8 Å². The summed E-state index contributed by atoms with van der Waals surface area (Å²) < 4.78 is 20.0. The van der Waals surface area contributed by atoms with E-state index in [0.29, 0.717) is 24.7 Å². The summed E-state index contributed by atoms with van der Waals surface area (Å²) in [5.41, 5.74) is 0.231. The molecule has 0 unspecified atom stereocenters. The maximum atomic E-state index is 11.9. The van der Waals surface area contributed by atoms with Crippen LogP contribution in [-0.2, 0) is 39.1 Å². The second-order valence-corrected chi connectivity index (χ2v) is 7.69. The summed E-state index contributed by atoms with van der Waals surface area (Å²) in [6.07, 6.45) is 0.999. The first-order valence-electron chi connectivity index (χ1n) is 12.3. The monoisotopic (exact) mass is 566 g/mol. The Labute approximate surface area is 229 Å². The van der Waals surface area contributed by atoms with Gasteiger partial charge in [-0.15, -0.1) is 0 Å². The van der Waals surface area contributed by atoms with Gasteiger partial charge in [0.15, 0.2) is 0 Å². The number of unbranched alkanes of at least 4 members (excludes halogenated alkanes) is 2. The summed E-state index contributed by atoms with van der Waals surface area (Å²) in [5.74, 6) is -0.709.